The smallest absolute Gasteiger partial charge is 0.203 e. The molecule has 0 aliphatic heterocycles. The molecule has 19 heavy (non-hydrogen) atoms. The summed E-state index contributed by atoms with van der Waals surface area (Å²) in [5, 5.41) is 3.06. The average molecular weight is 279 g/mol. The third-order valence-corrected chi connectivity index (χ3v) is 2.75. The highest BCUT2D eigenvalue weighted by Gasteiger charge is 2.22. The highest BCUT2D eigenvalue weighted by molar-refractivity contribution is 5.28. The van der Waals surface area contributed by atoms with Crippen LogP contribution in [-0.2, 0) is 0 Å². The lowest BCUT2D eigenvalue weighted by atomic mass is 10.1. The maximum atomic E-state index is 13.4. The lowest BCUT2D eigenvalue weighted by Gasteiger charge is -2.22. The van der Waals surface area contributed by atoms with Gasteiger partial charge in [-0.05, 0) is 12.5 Å². The van der Waals surface area contributed by atoms with E-state index in [9.17, 15) is 17.6 Å². The Morgan fingerprint density at radius 3 is 2.05 bits per heavy atom. The van der Waals surface area contributed by atoms with Gasteiger partial charge in [-0.15, -0.1) is 0 Å². The number of benzene rings is 1. The first-order valence-electron chi connectivity index (χ1n) is 6.07. The zero-order chi connectivity index (χ0) is 14.6. The lowest BCUT2D eigenvalue weighted by molar-refractivity contribution is 0.210. The Kier molecular flexibility index (Phi) is 5.60. The molecule has 2 nitrogen and oxygen atoms in total. The van der Waals surface area contributed by atoms with Crippen molar-refractivity contribution >= 4 is 0 Å². The molecule has 108 valence electrons. The molecule has 0 bridgehead atoms. The topological polar surface area (TPSA) is 21.3 Å². The first-order chi connectivity index (χ1) is 8.88. The molecule has 0 heterocycles. The monoisotopic (exact) mass is 279 g/mol. The van der Waals surface area contributed by atoms with Gasteiger partial charge >= 0.3 is 0 Å². The zero-order valence-electron chi connectivity index (χ0n) is 11.1. The van der Waals surface area contributed by atoms with Crippen LogP contribution in [0.1, 0.15) is 20.8 Å². The van der Waals surface area contributed by atoms with E-state index in [1.165, 1.54) is 0 Å². The van der Waals surface area contributed by atoms with Crippen LogP contribution in [0.3, 0.4) is 0 Å². The van der Waals surface area contributed by atoms with E-state index in [1.807, 2.05) is 20.8 Å². The summed E-state index contributed by atoms with van der Waals surface area (Å²) in [6, 6.07) is -0.0167. The molecule has 0 fully saturated rings. The normalized spacial score (nSPS) is 12.8. The van der Waals surface area contributed by atoms with Gasteiger partial charge in [0.25, 0.3) is 0 Å². The second-order valence-electron chi connectivity index (χ2n) is 4.52. The second-order valence-corrected chi connectivity index (χ2v) is 4.52. The highest BCUT2D eigenvalue weighted by Crippen LogP contribution is 2.26. The van der Waals surface area contributed by atoms with Crippen molar-refractivity contribution in [1.82, 2.24) is 5.32 Å². The summed E-state index contributed by atoms with van der Waals surface area (Å²) in [6.07, 6.45) is 0. The molecular weight excluding hydrogens is 262 g/mol. The maximum absolute atomic E-state index is 13.4. The van der Waals surface area contributed by atoms with Crippen LogP contribution in [0.2, 0.25) is 0 Å². The molecule has 0 aromatic heterocycles. The Bertz CT molecular complexity index is 411. The van der Waals surface area contributed by atoms with Crippen LogP contribution in [0, 0.1) is 29.2 Å². The summed E-state index contributed by atoms with van der Waals surface area (Å²) in [7, 11) is 0. The summed E-state index contributed by atoms with van der Waals surface area (Å²) in [5.41, 5.74) is 0. The molecule has 0 spiro atoms. The van der Waals surface area contributed by atoms with Gasteiger partial charge in [-0.3, -0.25) is 0 Å². The average Bonchev–Trinajstić information content (AvgIpc) is 2.34. The third-order valence-electron chi connectivity index (χ3n) is 2.75. The molecule has 0 aliphatic carbocycles. The molecule has 1 atom stereocenters. The number of nitrogens with one attached hydrogen (secondary N) is 1. The fourth-order valence-electron chi connectivity index (χ4n) is 1.60. The van der Waals surface area contributed by atoms with Crippen LogP contribution in [-0.4, -0.2) is 19.2 Å². The predicted molar refractivity (Wildman–Crippen MR) is 64.1 cm³/mol. The minimum absolute atomic E-state index is 0.0811. The van der Waals surface area contributed by atoms with Crippen LogP contribution in [0.4, 0.5) is 17.6 Å². The van der Waals surface area contributed by atoms with Gasteiger partial charge in [0, 0.05) is 12.1 Å². The van der Waals surface area contributed by atoms with Gasteiger partial charge < -0.3 is 10.1 Å². The number of hydrogen-bond donors (Lipinski definition) is 1. The molecular formula is C13H17F4NO. The van der Waals surface area contributed by atoms with E-state index < -0.39 is 29.0 Å². The van der Waals surface area contributed by atoms with Crippen molar-refractivity contribution in [3.63, 3.8) is 0 Å². The lowest BCUT2D eigenvalue weighted by Crippen LogP contribution is -2.39. The van der Waals surface area contributed by atoms with Crippen LogP contribution >= 0.6 is 0 Å². The summed E-state index contributed by atoms with van der Waals surface area (Å²) in [6.45, 7) is 6.24. The zero-order valence-corrected chi connectivity index (χ0v) is 11.1. The van der Waals surface area contributed by atoms with Gasteiger partial charge in [-0.2, -0.15) is 8.78 Å². The van der Waals surface area contributed by atoms with Crippen molar-refractivity contribution in [2.45, 2.75) is 26.8 Å². The SMILES string of the molecule is CCNC(COc1c(F)c(F)cc(F)c1F)C(C)C. The van der Waals surface area contributed by atoms with Crippen LogP contribution < -0.4 is 10.1 Å². The molecule has 1 rings (SSSR count). The van der Waals surface area contributed by atoms with Crippen molar-refractivity contribution in [2.75, 3.05) is 13.2 Å². The number of hydrogen-bond acceptors (Lipinski definition) is 2. The van der Waals surface area contributed by atoms with Gasteiger partial charge in [0.2, 0.25) is 11.6 Å². The van der Waals surface area contributed by atoms with Gasteiger partial charge in [0.1, 0.15) is 6.61 Å². The van der Waals surface area contributed by atoms with Crippen LogP contribution in [0.5, 0.6) is 5.75 Å². The Morgan fingerprint density at radius 1 is 1.11 bits per heavy atom. The van der Waals surface area contributed by atoms with Crippen molar-refractivity contribution in [1.29, 1.82) is 0 Å². The van der Waals surface area contributed by atoms with Crippen LogP contribution in [0.25, 0.3) is 0 Å². The van der Waals surface area contributed by atoms with E-state index >= 15 is 0 Å². The standard InChI is InChI=1S/C13H17F4NO/c1-4-18-10(7(2)3)6-19-13-11(16)8(14)5-9(15)12(13)17/h5,7,10,18H,4,6H2,1-3H3. The Morgan fingerprint density at radius 2 is 1.63 bits per heavy atom. The minimum Gasteiger partial charge on any atom is -0.486 e. The molecule has 6 heteroatoms. The van der Waals surface area contributed by atoms with Crippen molar-refractivity contribution < 1.29 is 22.3 Å². The third kappa shape index (κ3) is 3.83. The van der Waals surface area contributed by atoms with Gasteiger partial charge in [0.05, 0.1) is 0 Å². The van der Waals surface area contributed by atoms with Crippen molar-refractivity contribution in [3.05, 3.63) is 29.3 Å². The summed E-state index contributed by atoms with van der Waals surface area (Å²) < 4.78 is 57.6. The summed E-state index contributed by atoms with van der Waals surface area (Å²) in [4.78, 5) is 0. The fraction of sp³-hybridized carbons (Fsp3) is 0.538. The molecule has 1 unspecified atom stereocenters. The predicted octanol–water partition coefficient (Wildman–Crippen LogP) is 3.26. The van der Waals surface area contributed by atoms with Crippen molar-refractivity contribution in [2.24, 2.45) is 5.92 Å². The molecule has 1 aromatic carbocycles. The van der Waals surface area contributed by atoms with E-state index in [2.05, 4.69) is 5.32 Å². The molecule has 1 N–H and O–H groups in total. The van der Waals surface area contributed by atoms with Gasteiger partial charge in [-0.25, -0.2) is 8.78 Å². The Balaban J connectivity index is 2.88. The van der Waals surface area contributed by atoms with E-state index in [1.54, 1.807) is 0 Å². The number of ether oxygens (including phenoxy) is 1. The van der Waals surface area contributed by atoms with Crippen LogP contribution in [0.15, 0.2) is 6.07 Å². The van der Waals surface area contributed by atoms with E-state index in [4.69, 9.17) is 4.74 Å². The summed E-state index contributed by atoms with van der Waals surface area (Å²) in [5.74, 6) is -6.85. The minimum atomic E-state index is -1.52. The van der Waals surface area contributed by atoms with E-state index in [-0.39, 0.29) is 24.6 Å². The number of halogens is 4. The largest absolute Gasteiger partial charge is 0.486 e. The molecule has 0 saturated carbocycles. The van der Waals surface area contributed by atoms with Gasteiger partial charge in [0.15, 0.2) is 17.4 Å². The molecule has 1 aromatic rings. The molecule has 0 aliphatic rings. The molecule has 0 saturated heterocycles. The first-order valence-corrected chi connectivity index (χ1v) is 6.07. The molecule has 0 amide bonds. The summed E-state index contributed by atoms with van der Waals surface area (Å²) >= 11 is 0. The van der Waals surface area contributed by atoms with Crippen molar-refractivity contribution in [3.8, 4) is 5.75 Å². The molecule has 0 radical (unpaired) electrons. The number of likely N-dealkylation sites (N-methyl/N-ethyl adjacent to an activating group) is 1. The quantitative estimate of drug-likeness (QED) is 0.637. The number of rotatable bonds is 6. The van der Waals surface area contributed by atoms with E-state index in [0.29, 0.717) is 6.54 Å². The first kappa shape index (κ1) is 15.8. The van der Waals surface area contributed by atoms with Gasteiger partial charge in [-0.1, -0.05) is 20.8 Å². The maximum Gasteiger partial charge on any atom is 0.203 e. The fourth-order valence-corrected chi connectivity index (χ4v) is 1.60. The second kappa shape index (κ2) is 6.75. The Labute approximate surface area is 109 Å². The van der Waals surface area contributed by atoms with E-state index in [0.717, 1.165) is 0 Å². The highest BCUT2D eigenvalue weighted by atomic mass is 19.2. The Hall–Kier alpha value is -1.30.